The van der Waals surface area contributed by atoms with E-state index < -0.39 is 41.2 Å². The summed E-state index contributed by atoms with van der Waals surface area (Å²) in [4.78, 5) is 32.7. The molecule has 8 nitrogen and oxygen atoms in total. The molecular weight excluding hydrogens is 518 g/mol. The summed E-state index contributed by atoms with van der Waals surface area (Å²) in [6, 6.07) is 14.5. The van der Waals surface area contributed by atoms with Crippen LogP contribution in [0.1, 0.15) is 28.5 Å². The average molecular weight is 542 g/mol. The van der Waals surface area contributed by atoms with Crippen LogP contribution in [0.4, 0.5) is 22.4 Å². The van der Waals surface area contributed by atoms with Gasteiger partial charge in [0.2, 0.25) is 0 Å². The van der Waals surface area contributed by atoms with Gasteiger partial charge in [0.1, 0.15) is 23.7 Å². The summed E-state index contributed by atoms with van der Waals surface area (Å²) in [6.07, 6.45) is -4.14. The fraction of sp³-hybridized carbons (Fsp3) is 0.259. The number of amides is 2. The first kappa shape index (κ1) is 26.1. The maximum atomic E-state index is 13.9. The molecule has 5 rings (SSSR count). The summed E-state index contributed by atoms with van der Waals surface area (Å²) in [5, 5.41) is 4.18. The number of fused-ring (bicyclic) bond motifs is 1. The molecule has 0 N–H and O–H groups in total. The number of alkyl halides is 3. The van der Waals surface area contributed by atoms with Gasteiger partial charge in [-0.1, -0.05) is 30.3 Å². The number of halogens is 4. The highest BCUT2D eigenvalue weighted by molar-refractivity contribution is 5.93. The Morgan fingerprint density at radius 1 is 1.05 bits per heavy atom. The summed E-state index contributed by atoms with van der Waals surface area (Å²) in [7, 11) is 0. The number of carbonyl (C=O) groups is 2. The molecule has 1 atom stereocenters. The number of benzene rings is 2. The molecule has 0 spiro atoms. The van der Waals surface area contributed by atoms with Crippen molar-refractivity contribution in [3.05, 3.63) is 89.5 Å². The molecule has 1 aliphatic rings. The van der Waals surface area contributed by atoms with Crippen LogP contribution >= 0.6 is 0 Å². The predicted molar refractivity (Wildman–Crippen MR) is 132 cm³/mol. The molecule has 1 fully saturated rings. The van der Waals surface area contributed by atoms with Crippen LogP contribution in [0, 0.1) is 5.82 Å². The van der Waals surface area contributed by atoms with Crippen molar-refractivity contribution in [1.82, 2.24) is 24.4 Å². The van der Waals surface area contributed by atoms with E-state index in [9.17, 15) is 27.2 Å². The molecule has 2 aromatic heterocycles. The van der Waals surface area contributed by atoms with Gasteiger partial charge >= 0.3 is 12.3 Å². The van der Waals surface area contributed by atoms with E-state index in [4.69, 9.17) is 4.74 Å². The minimum Gasteiger partial charge on any atom is -0.445 e. The number of imidazole rings is 1. The van der Waals surface area contributed by atoms with Gasteiger partial charge in [-0.3, -0.25) is 4.79 Å². The van der Waals surface area contributed by atoms with Crippen LogP contribution in [-0.4, -0.2) is 62.1 Å². The Balaban J connectivity index is 1.34. The first-order valence-corrected chi connectivity index (χ1v) is 12.1. The molecule has 39 heavy (non-hydrogen) atoms. The van der Waals surface area contributed by atoms with Crippen molar-refractivity contribution in [1.29, 1.82) is 0 Å². The second-order valence-corrected chi connectivity index (χ2v) is 9.18. The molecule has 1 saturated heterocycles. The van der Waals surface area contributed by atoms with Crippen LogP contribution in [0.5, 0.6) is 0 Å². The van der Waals surface area contributed by atoms with Gasteiger partial charge in [0.05, 0.1) is 11.9 Å². The van der Waals surface area contributed by atoms with Gasteiger partial charge < -0.3 is 14.5 Å². The second kappa shape index (κ2) is 10.4. The standard InChI is InChI=1S/C27H23F4N5O3/c1-17-14-34(11-12-35(17)26(38)39-16-18-5-3-2-4-6-18)25(37)23-15-36-24(32-23)21(27(29,30)31)13-22(33-36)19-7-9-20(28)10-8-19/h2-10,13,15,17H,11-12,14,16H2,1H3/t17-/m0/s1. The van der Waals surface area contributed by atoms with E-state index in [0.717, 1.165) is 34.5 Å². The minimum atomic E-state index is -4.77. The van der Waals surface area contributed by atoms with Gasteiger partial charge in [0.15, 0.2) is 5.65 Å². The molecule has 4 aromatic rings. The van der Waals surface area contributed by atoms with Crippen molar-refractivity contribution in [3.8, 4) is 11.3 Å². The highest BCUT2D eigenvalue weighted by Gasteiger charge is 2.37. The molecular formula is C27H23F4N5O3. The van der Waals surface area contributed by atoms with Crippen LogP contribution in [0.15, 0.2) is 66.9 Å². The molecule has 2 amide bonds. The molecule has 3 heterocycles. The number of nitrogens with zero attached hydrogens (tertiary/aromatic N) is 5. The molecule has 0 aliphatic carbocycles. The van der Waals surface area contributed by atoms with E-state index in [0.29, 0.717) is 0 Å². The van der Waals surface area contributed by atoms with Crippen LogP contribution in [0.2, 0.25) is 0 Å². The van der Waals surface area contributed by atoms with Gasteiger partial charge in [-0.05, 0) is 42.8 Å². The van der Waals surface area contributed by atoms with E-state index in [-0.39, 0.29) is 43.2 Å². The first-order valence-electron chi connectivity index (χ1n) is 12.1. The molecule has 12 heteroatoms. The average Bonchev–Trinajstić information content (AvgIpc) is 3.35. The molecule has 0 radical (unpaired) electrons. The second-order valence-electron chi connectivity index (χ2n) is 9.18. The van der Waals surface area contributed by atoms with Crippen molar-refractivity contribution < 1.29 is 31.9 Å². The van der Waals surface area contributed by atoms with Crippen molar-refractivity contribution >= 4 is 17.6 Å². The van der Waals surface area contributed by atoms with Crippen molar-refractivity contribution in [2.45, 2.75) is 25.7 Å². The van der Waals surface area contributed by atoms with Gasteiger partial charge in [-0.2, -0.15) is 18.3 Å². The Bertz CT molecular complexity index is 1510. The van der Waals surface area contributed by atoms with E-state index >= 15 is 0 Å². The summed E-state index contributed by atoms with van der Waals surface area (Å²) in [6.45, 7) is 2.35. The van der Waals surface area contributed by atoms with Crippen LogP contribution in [0.25, 0.3) is 16.9 Å². The normalized spacial score (nSPS) is 16.0. The number of hydrogen-bond acceptors (Lipinski definition) is 5. The number of aromatic nitrogens is 3. The number of ether oxygens (including phenoxy) is 1. The summed E-state index contributed by atoms with van der Waals surface area (Å²) < 4.78 is 61.3. The van der Waals surface area contributed by atoms with Crippen LogP contribution < -0.4 is 0 Å². The lowest BCUT2D eigenvalue weighted by atomic mass is 10.1. The van der Waals surface area contributed by atoms with E-state index in [1.807, 2.05) is 30.3 Å². The third-order valence-corrected chi connectivity index (χ3v) is 6.44. The highest BCUT2D eigenvalue weighted by atomic mass is 19.4. The van der Waals surface area contributed by atoms with Crippen molar-refractivity contribution in [2.75, 3.05) is 19.6 Å². The van der Waals surface area contributed by atoms with Gasteiger partial charge in [-0.25, -0.2) is 18.7 Å². The Hall–Kier alpha value is -4.48. The van der Waals surface area contributed by atoms with E-state index in [1.165, 1.54) is 21.9 Å². The highest BCUT2D eigenvalue weighted by Crippen LogP contribution is 2.34. The Morgan fingerprint density at radius 3 is 2.44 bits per heavy atom. The lowest BCUT2D eigenvalue weighted by Crippen LogP contribution is -2.55. The number of rotatable bonds is 4. The lowest BCUT2D eigenvalue weighted by Gasteiger charge is -2.38. The number of piperazine rings is 1. The quantitative estimate of drug-likeness (QED) is 0.339. The molecule has 0 saturated carbocycles. The molecule has 0 unspecified atom stereocenters. The third kappa shape index (κ3) is 5.54. The molecule has 1 aliphatic heterocycles. The fourth-order valence-electron chi connectivity index (χ4n) is 4.43. The summed E-state index contributed by atoms with van der Waals surface area (Å²) in [5.74, 6) is -1.12. The van der Waals surface area contributed by atoms with Crippen molar-refractivity contribution in [3.63, 3.8) is 0 Å². The van der Waals surface area contributed by atoms with Crippen LogP contribution in [-0.2, 0) is 17.5 Å². The third-order valence-electron chi connectivity index (χ3n) is 6.44. The summed E-state index contributed by atoms with van der Waals surface area (Å²) in [5.41, 5.74) is -0.745. The van der Waals surface area contributed by atoms with Gasteiger partial charge in [0.25, 0.3) is 5.91 Å². The zero-order valence-electron chi connectivity index (χ0n) is 20.7. The Kier molecular flexibility index (Phi) is 6.94. The number of hydrogen-bond donors (Lipinski definition) is 0. The largest absolute Gasteiger partial charge is 0.445 e. The van der Waals surface area contributed by atoms with Crippen molar-refractivity contribution in [2.24, 2.45) is 0 Å². The minimum absolute atomic E-state index is 0.0533. The Morgan fingerprint density at radius 2 is 1.77 bits per heavy atom. The maximum absolute atomic E-state index is 13.9. The smallest absolute Gasteiger partial charge is 0.420 e. The molecule has 202 valence electrons. The lowest BCUT2D eigenvalue weighted by molar-refractivity contribution is -0.136. The Labute approximate surface area is 220 Å². The van der Waals surface area contributed by atoms with E-state index in [1.54, 1.807) is 6.92 Å². The SMILES string of the molecule is C[C@H]1CN(C(=O)c2cn3nc(-c4ccc(F)cc4)cc(C(F)(F)F)c3n2)CCN1C(=O)OCc1ccccc1. The first-order chi connectivity index (χ1) is 18.6. The fourth-order valence-corrected chi connectivity index (χ4v) is 4.43. The van der Waals surface area contributed by atoms with Crippen LogP contribution in [0.3, 0.4) is 0 Å². The van der Waals surface area contributed by atoms with Gasteiger partial charge in [0, 0.05) is 31.2 Å². The zero-order valence-corrected chi connectivity index (χ0v) is 20.7. The molecule has 0 bridgehead atoms. The topological polar surface area (TPSA) is 80.0 Å². The maximum Gasteiger partial charge on any atom is 0.420 e. The summed E-state index contributed by atoms with van der Waals surface area (Å²) >= 11 is 0. The zero-order chi connectivity index (χ0) is 27.7. The van der Waals surface area contributed by atoms with Gasteiger partial charge in [-0.15, -0.1) is 0 Å². The van der Waals surface area contributed by atoms with E-state index in [2.05, 4.69) is 10.1 Å². The predicted octanol–water partition coefficient (Wildman–Crippen LogP) is 5.04. The monoisotopic (exact) mass is 541 g/mol. The number of carbonyl (C=O) groups excluding carboxylic acids is 2. The molecule has 2 aromatic carbocycles.